The Morgan fingerprint density at radius 2 is 2.38 bits per heavy atom. The van der Waals surface area contributed by atoms with E-state index < -0.39 is 0 Å². The summed E-state index contributed by atoms with van der Waals surface area (Å²) in [6, 6.07) is 6.26. The van der Waals surface area contributed by atoms with Crippen molar-refractivity contribution in [3.8, 4) is 5.75 Å². The SMILES string of the molecule is CCOc1ccc2c(c1)CC[C]=C2. The summed E-state index contributed by atoms with van der Waals surface area (Å²) in [6.07, 6.45) is 7.41. The van der Waals surface area contributed by atoms with Crippen LogP contribution >= 0.6 is 0 Å². The highest BCUT2D eigenvalue weighted by atomic mass is 16.5. The summed E-state index contributed by atoms with van der Waals surface area (Å²) in [7, 11) is 0. The Hall–Kier alpha value is -1.24. The number of aryl methyl sites for hydroxylation is 1. The van der Waals surface area contributed by atoms with Crippen molar-refractivity contribution in [1.29, 1.82) is 0 Å². The molecule has 0 amide bonds. The third-order valence-electron chi connectivity index (χ3n) is 2.22. The zero-order valence-electron chi connectivity index (χ0n) is 7.84. The lowest BCUT2D eigenvalue weighted by molar-refractivity contribution is 0.340. The second-order valence-electron chi connectivity index (χ2n) is 3.14. The number of hydrogen-bond donors (Lipinski definition) is 0. The fourth-order valence-electron chi connectivity index (χ4n) is 1.58. The van der Waals surface area contributed by atoms with Gasteiger partial charge in [-0.3, -0.25) is 0 Å². The van der Waals surface area contributed by atoms with Crippen LogP contribution in [0.5, 0.6) is 5.75 Å². The normalized spacial score (nSPS) is 13.9. The number of allylic oxidation sites excluding steroid dienone is 1. The van der Waals surface area contributed by atoms with Crippen LogP contribution in [-0.4, -0.2) is 6.61 Å². The molecule has 0 heterocycles. The second-order valence-corrected chi connectivity index (χ2v) is 3.14. The van der Waals surface area contributed by atoms with Gasteiger partial charge in [-0.15, -0.1) is 0 Å². The van der Waals surface area contributed by atoms with Gasteiger partial charge in [0.1, 0.15) is 5.75 Å². The van der Waals surface area contributed by atoms with Gasteiger partial charge in [-0.05, 0) is 49.1 Å². The highest BCUT2D eigenvalue weighted by Crippen LogP contribution is 2.23. The molecular formula is C12H13O. The van der Waals surface area contributed by atoms with E-state index in [-0.39, 0.29) is 0 Å². The highest BCUT2D eigenvalue weighted by molar-refractivity contribution is 5.56. The van der Waals surface area contributed by atoms with Gasteiger partial charge in [-0.1, -0.05) is 12.1 Å². The minimum absolute atomic E-state index is 0.737. The fraction of sp³-hybridized carbons (Fsp3) is 0.333. The lowest BCUT2D eigenvalue weighted by atomic mass is 9.97. The predicted octanol–water partition coefficient (Wildman–Crippen LogP) is 2.85. The molecule has 1 aromatic rings. The van der Waals surface area contributed by atoms with E-state index in [1.54, 1.807) is 0 Å². The van der Waals surface area contributed by atoms with Crippen molar-refractivity contribution in [3.05, 3.63) is 35.4 Å². The van der Waals surface area contributed by atoms with Crippen molar-refractivity contribution in [2.24, 2.45) is 0 Å². The summed E-state index contributed by atoms with van der Waals surface area (Å²) in [6.45, 7) is 2.74. The van der Waals surface area contributed by atoms with E-state index in [2.05, 4.69) is 24.3 Å². The predicted molar refractivity (Wildman–Crippen MR) is 53.6 cm³/mol. The molecule has 0 saturated heterocycles. The minimum Gasteiger partial charge on any atom is -0.494 e. The molecule has 0 aromatic heterocycles. The van der Waals surface area contributed by atoms with Crippen LogP contribution in [0, 0.1) is 6.08 Å². The van der Waals surface area contributed by atoms with Gasteiger partial charge in [0.2, 0.25) is 0 Å². The van der Waals surface area contributed by atoms with Gasteiger partial charge >= 0.3 is 0 Å². The molecule has 0 unspecified atom stereocenters. The van der Waals surface area contributed by atoms with Crippen LogP contribution in [0.25, 0.3) is 6.08 Å². The Morgan fingerprint density at radius 3 is 3.23 bits per heavy atom. The lowest BCUT2D eigenvalue weighted by Crippen LogP contribution is -1.97. The van der Waals surface area contributed by atoms with Crippen molar-refractivity contribution in [2.75, 3.05) is 6.61 Å². The number of ether oxygens (including phenoxy) is 1. The van der Waals surface area contributed by atoms with E-state index in [1.807, 2.05) is 13.0 Å². The fourth-order valence-corrected chi connectivity index (χ4v) is 1.58. The molecule has 1 radical (unpaired) electrons. The van der Waals surface area contributed by atoms with Crippen molar-refractivity contribution in [1.82, 2.24) is 0 Å². The van der Waals surface area contributed by atoms with Crippen molar-refractivity contribution in [2.45, 2.75) is 19.8 Å². The molecule has 1 aromatic carbocycles. The Balaban J connectivity index is 2.31. The minimum atomic E-state index is 0.737. The summed E-state index contributed by atoms with van der Waals surface area (Å²) >= 11 is 0. The van der Waals surface area contributed by atoms with Crippen LogP contribution in [0.15, 0.2) is 18.2 Å². The van der Waals surface area contributed by atoms with Crippen LogP contribution in [-0.2, 0) is 6.42 Å². The van der Waals surface area contributed by atoms with Crippen LogP contribution < -0.4 is 4.74 Å². The van der Waals surface area contributed by atoms with Gasteiger partial charge in [0.25, 0.3) is 0 Å². The van der Waals surface area contributed by atoms with Crippen molar-refractivity contribution >= 4 is 6.08 Å². The molecule has 0 atom stereocenters. The van der Waals surface area contributed by atoms with E-state index in [0.717, 1.165) is 25.2 Å². The molecule has 0 aliphatic heterocycles. The average molecular weight is 173 g/mol. The first-order chi connectivity index (χ1) is 6.40. The molecule has 1 nitrogen and oxygen atoms in total. The number of benzene rings is 1. The first-order valence-corrected chi connectivity index (χ1v) is 4.72. The maximum absolute atomic E-state index is 5.44. The molecule has 0 spiro atoms. The maximum atomic E-state index is 5.44. The van der Waals surface area contributed by atoms with E-state index in [0.29, 0.717) is 0 Å². The molecule has 2 rings (SSSR count). The van der Waals surface area contributed by atoms with E-state index in [9.17, 15) is 0 Å². The van der Waals surface area contributed by atoms with Gasteiger partial charge in [0.15, 0.2) is 0 Å². The largest absolute Gasteiger partial charge is 0.494 e. The molecule has 0 N–H and O–H groups in total. The Morgan fingerprint density at radius 1 is 1.46 bits per heavy atom. The molecule has 1 aliphatic rings. The maximum Gasteiger partial charge on any atom is 0.119 e. The smallest absolute Gasteiger partial charge is 0.119 e. The highest BCUT2D eigenvalue weighted by Gasteiger charge is 2.05. The molecular weight excluding hydrogens is 160 g/mol. The van der Waals surface area contributed by atoms with Crippen LogP contribution in [0.4, 0.5) is 0 Å². The van der Waals surface area contributed by atoms with Gasteiger partial charge in [-0.2, -0.15) is 0 Å². The Kier molecular flexibility index (Phi) is 2.35. The number of rotatable bonds is 2. The summed E-state index contributed by atoms with van der Waals surface area (Å²) in [5, 5.41) is 0. The van der Waals surface area contributed by atoms with Gasteiger partial charge in [-0.25, -0.2) is 0 Å². The molecule has 1 heteroatoms. The van der Waals surface area contributed by atoms with Crippen molar-refractivity contribution < 1.29 is 4.74 Å². The second kappa shape index (κ2) is 3.65. The molecule has 13 heavy (non-hydrogen) atoms. The lowest BCUT2D eigenvalue weighted by Gasteiger charge is -2.11. The zero-order valence-corrected chi connectivity index (χ0v) is 7.84. The third kappa shape index (κ3) is 1.74. The molecule has 0 fully saturated rings. The third-order valence-corrected chi connectivity index (χ3v) is 2.22. The van der Waals surface area contributed by atoms with Gasteiger partial charge < -0.3 is 4.74 Å². The molecule has 67 valence electrons. The summed E-state index contributed by atoms with van der Waals surface area (Å²) in [4.78, 5) is 0. The summed E-state index contributed by atoms with van der Waals surface area (Å²) < 4.78 is 5.44. The Labute approximate surface area is 79.0 Å². The van der Waals surface area contributed by atoms with E-state index >= 15 is 0 Å². The van der Waals surface area contributed by atoms with E-state index in [4.69, 9.17) is 4.74 Å². The monoisotopic (exact) mass is 173 g/mol. The summed E-state index contributed by atoms with van der Waals surface area (Å²) in [5.74, 6) is 0.983. The topological polar surface area (TPSA) is 9.23 Å². The van der Waals surface area contributed by atoms with E-state index in [1.165, 1.54) is 11.1 Å². The Bertz CT molecular complexity index is 326. The van der Waals surface area contributed by atoms with Gasteiger partial charge in [0.05, 0.1) is 6.61 Å². The molecule has 0 bridgehead atoms. The first kappa shape index (κ1) is 8.36. The van der Waals surface area contributed by atoms with Gasteiger partial charge in [0, 0.05) is 0 Å². The number of hydrogen-bond acceptors (Lipinski definition) is 1. The first-order valence-electron chi connectivity index (χ1n) is 4.72. The molecule has 0 saturated carbocycles. The zero-order chi connectivity index (χ0) is 9.10. The standard InChI is InChI=1S/C12H13O/c1-2-13-12-8-7-10-5-3-4-6-11(10)9-12/h5,7-9H,2,4,6H2,1H3. The summed E-state index contributed by atoms with van der Waals surface area (Å²) in [5.41, 5.74) is 2.67. The van der Waals surface area contributed by atoms with Crippen molar-refractivity contribution in [3.63, 3.8) is 0 Å². The quantitative estimate of drug-likeness (QED) is 0.668. The van der Waals surface area contributed by atoms with Crippen LogP contribution in [0.2, 0.25) is 0 Å². The number of fused-ring (bicyclic) bond motifs is 1. The van der Waals surface area contributed by atoms with Crippen LogP contribution in [0.1, 0.15) is 24.5 Å². The average Bonchev–Trinajstić information content (AvgIpc) is 2.18. The molecule has 1 aliphatic carbocycles. The van der Waals surface area contributed by atoms with Crippen LogP contribution in [0.3, 0.4) is 0 Å².